The second kappa shape index (κ2) is 2.97. The SMILES string of the molecule is Ic1cnc2c(c1)CCCN2. The van der Waals surface area contributed by atoms with E-state index in [2.05, 4.69) is 39.0 Å². The summed E-state index contributed by atoms with van der Waals surface area (Å²) in [4.78, 5) is 4.30. The van der Waals surface area contributed by atoms with Crippen molar-refractivity contribution in [3.8, 4) is 0 Å². The number of nitrogens with zero attached hydrogens (tertiary/aromatic N) is 1. The maximum absolute atomic E-state index is 4.30. The molecule has 0 atom stereocenters. The lowest BCUT2D eigenvalue weighted by Crippen LogP contribution is -2.13. The van der Waals surface area contributed by atoms with E-state index in [1.165, 1.54) is 22.0 Å². The zero-order valence-corrected chi connectivity index (χ0v) is 8.26. The van der Waals surface area contributed by atoms with E-state index in [1.54, 1.807) is 0 Å². The smallest absolute Gasteiger partial charge is 0.129 e. The first kappa shape index (κ1) is 7.34. The minimum atomic E-state index is 1.07. The number of anilines is 1. The van der Waals surface area contributed by atoms with Crippen LogP contribution in [0, 0.1) is 3.57 Å². The summed E-state index contributed by atoms with van der Waals surface area (Å²) < 4.78 is 1.23. The molecule has 0 amide bonds. The molecule has 2 heterocycles. The third kappa shape index (κ3) is 1.47. The Kier molecular flexibility index (Phi) is 1.98. The van der Waals surface area contributed by atoms with Crippen molar-refractivity contribution in [2.24, 2.45) is 0 Å². The van der Waals surface area contributed by atoms with Gasteiger partial charge in [0, 0.05) is 16.3 Å². The van der Waals surface area contributed by atoms with Crippen LogP contribution in [0.4, 0.5) is 5.82 Å². The molecule has 0 saturated heterocycles. The van der Waals surface area contributed by atoms with Gasteiger partial charge < -0.3 is 5.32 Å². The van der Waals surface area contributed by atoms with Gasteiger partial charge in [0.15, 0.2) is 0 Å². The molecule has 0 aliphatic carbocycles. The molecule has 0 radical (unpaired) electrons. The zero-order chi connectivity index (χ0) is 7.68. The van der Waals surface area contributed by atoms with Crippen LogP contribution in [-0.4, -0.2) is 11.5 Å². The van der Waals surface area contributed by atoms with Gasteiger partial charge in [0.1, 0.15) is 5.82 Å². The van der Waals surface area contributed by atoms with E-state index in [-0.39, 0.29) is 0 Å². The predicted molar refractivity (Wildman–Crippen MR) is 53.8 cm³/mol. The Morgan fingerprint density at radius 2 is 2.45 bits per heavy atom. The number of pyridine rings is 1. The van der Waals surface area contributed by atoms with Crippen molar-refractivity contribution in [2.75, 3.05) is 11.9 Å². The molecule has 0 aromatic carbocycles. The van der Waals surface area contributed by atoms with Crippen LogP contribution in [0.25, 0.3) is 0 Å². The van der Waals surface area contributed by atoms with E-state index in [4.69, 9.17) is 0 Å². The van der Waals surface area contributed by atoms with Gasteiger partial charge in [0.2, 0.25) is 0 Å². The standard InChI is InChI=1S/C8H9IN2/c9-7-4-6-2-1-3-10-8(6)11-5-7/h4-5H,1-3H2,(H,10,11). The van der Waals surface area contributed by atoms with E-state index < -0.39 is 0 Å². The molecule has 58 valence electrons. The number of aryl methyl sites for hydroxylation is 1. The Balaban J connectivity index is 2.43. The first-order valence-corrected chi connectivity index (χ1v) is 4.82. The fraction of sp³-hybridized carbons (Fsp3) is 0.375. The van der Waals surface area contributed by atoms with Gasteiger partial charge in [-0.1, -0.05) is 0 Å². The average Bonchev–Trinajstić information content (AvgIpc) is 2.04. The summed E-state index contributed by atoms with van der Waals surface area (Å²) in [7, 11) is 0. The Morgan fingerprint density at radius 3 is 3.36 bits per heavy atom. The summed E-state index contributed by atoms with van der Waals surface area (Å²) in [5.41, 5.74) is 1.36. The van der Waals surface area contributed by atoms with Crippen LogP contribution in [0.2, 0.25) is 0 Å². The summed E-state index contributed by atoms with van der Waals surface area (Å²) >= 11 is 2.30. The van der Waals surface area contributed by atoms with Crippen LogP contribution in [0.15, 0.2) is 12.3 Å². The Morgan fingerprint density at radius 1 is 1.55 bits per heavy atom. The maximum Gasteiger partial charge on any atom is 0.129 e. The summed E-state index contributed by atoms with van der Waals surface area (Å²) in [6.45, 7) is 1.07. The normalized spacial score (nSPS) is 15.4. The van der Waals surface area contributed by atoms with Crippen molar-refractivity contribution < 1.29 is 0 Å². The number of halogens is 1. The summed E-state index contributed by atoms with van der Waals surface area (Å²) in [5, 5.41) is 3.28. The van der Waals surface area contributed by atoms with Gasteiger partial charge in [0.05, 0.1) is 0 Å². The number of aromatic nitrogens is 1. The molecule has 0 unspecified atom stereocenters. The molecule has 3 heteroatoms. The topological polar surface area (TPSA) is 24.9 Å². The molecule has 0 bridgehead atoms. The van der Waals surface area contributed by atoms with Gasteiger partial charge >= 0.3 is 0 Å². The third-order valence-corrected chi connectivity index (χ3v) is 2.44. The molecule has 2 rings (SSSR count). The van der Waals surface area contributed by atoms with Crippen molar-refractivity contribution in [2.45, 2.75) is 12.8 Å². The fourth-order valence-electron chi connectivity index (χ4n) is 1.32. The molecule has 1 aromatic heterocycles. The van der Waals surface area contributed by atoms with Crippen molar-refractivity contribution >= 4 is 28.4 Å². The highest BCUT2D eigenvalue weighted by Crippen LogP contribution is 2.20. The van der Waals surface area contributed by atoms with Crippen LogP contribution < -0.4 is 5.32 Å². The van der Waals surface area contributed by atoms with Gasteiger partial charge in [0.25, 0.3) is 0 Å². The highest BCUT2D eigenvalue weighted by molar-refractivity contribution is 14.1. The van der Waals surface area contributed by atoms with Gasteiger partial charge in [-0.2, -0.15) is 0 Å². The third-order valence-electron chi connectivity index (χ3n) is 1.85. The second-order valence-corrected chi connectivity index (χ2v) is 3.94. The molecular formula is C8H9IN2. The van der Waals surface area contributed by atoms with E-state index in [0.29, 0.717) is 0 Å². The van der Waals surface area contributed by atoms with Crippen LogP contribution in [-0.2, 0) is 6.42 Å². The lowest BCUT2D eigenvalue weighted by atomic mass is 10.1. The summed E-state index contributed by atoms with van der Waals surface area (Å²) in [5.74, 6) is 1.08. The van der Waals surface area contributed by atoms with Gasteiger partial charge in [-0.3, -0.25) is 0 Å². The number of hydrogen-bond donors (Lipinski definition) is 1. The van der Waals surface area contributed by atoms with E-state index in [1.807, 2.05) is 6.20 Å². The van der Waals surface area contributed by atoms with Crippen LogP contribution >= 0.6 is 22.6 Å². The Labute approximate surface area is 79.6 Å². The molecule has 0 saturated carbocycles. The van der Waals surface area contributed by atoms with Gasteiger partial charge in [-0.15, -0.1) is 0 Å². The number of fused-ring (bicyclic) bond motifs is 1. The fourth-order valence-corrected chi connectivity index (χ4v) is 1.83. The predicted octanol–water partition coefficient (Wildman–Crippen LogP) is 2.04. The maximum atomic E-state index is 4.30. The van der Waals surface area contributed by atoms with Crippen molar-refractivity contribution in [1.29, 1.82) is 0 Å². The molecule has 1 aliphatic rings. The summed E-state index contributed by atoms with van der Waals surface area (Å²) in [6, 6.07) is 2.20. The van der Waals surface area contributed by atoms with E-state index in [9.17, 15) is 0 Å². The van der Waals surface area contributed by atoms with Crippen molar-refractivity contribution in [1.82, 2.24) is 4.98 Å². The molecule has 11 heavy (non-hydrogen) atoms. The van der Waals surface area contributed by atoms with Crippen LogP contribution in [0.5, 0.6) is 0 Å². The second-order valence-electron chi connectivity index (χ2n) is 2.69. The zero-order valence-electron chi connectivity index (χ0n) is 6.10. The van der Waals surface area contributed by atoms with Crippen LogP contribution in [0.1, 0.15) is 12.0 Å². The quantitative estimate of drug-likeness (QED) is 0.722. The number of rotatable bonds is 0. The number of hydrogen-bond acceptors (Lipinski definition) is 2. The first-order chi connectivity index (χ1) is 5.36. The first-order valence-electron chi connectivity index (χ1n) is 3.74. The largest absolute Gasteiger partial charge is 0.370 e. The molecule has 1 aliphatic heterocycles. The average molecular weight is 260 g/mol. The van der Waals surface area contributed by atoms with Gasteiger partial charge in [-0.05, 0) is 47.1 Å². The minimum absolute atomic E-state index is 1.07. The Hall–Kier alpha value is -0.320. The Bertz CT molecular complexity index is 273. The molecule has 1 aromatic rings. The van der Waals surface area contributed by atoms with Gasteiger partial charge in [-0.25, -0.2) is 4.98 Å². The molecular weight excluding hydrogens is 251 g/mol. The van der Waals surface area contributed by atoms with E-state index >= 15 is 0 Å². The lowest BCUT2D eigenvalue weighted by molar-refractivity contribution is 0.816. The highest BCUT2D eigenvalue weighted by Gasteiger charge is 2.08. The highest BCUT2D eigenvalue weighted by atomic mass is 127. The molecule has 0 fully saturated rings. The molecule has 0 spiro atoms. The lowest BCUT2D eigenvalue weighted by Gasteiger charge is -2.16. The number of nitrogens with one attached hydrogen (secondary N) is 1. The molecule has 2 nitrogen and oxygen atoms in total. The summed E-state index contributed by atoms with van der Waals surface area (Å²) in [6.07, 6.45) is 4.30. The van der Waals surface area contributed by atoms with Crippen molar-refractivity contribution in [3.63, 3.8) is 0 Å². The molecule has 1 N–H and O–H groups in total. The van der Waals surface area contributed by atoms with Crippen LogP contribution in [0.3, 0.4) is 0 Å². The van der Waals surface area contributed by atoms with Crippen molar-refractivity contribution in [3.05, 3.63) is 21.4 Å². The van der Waals surface area contributed by atoms with E-state index in [0.717, 1.165) is 12.4 Å². The monoisotopic (exact) mass is 260 g/mol. The minimum Gasteiger partial charge on any atom is -0.370 e.